The minimum absolute atomic E-state index is 0.187. The Kier molecular flexibility index (Phi) is 7.69. The lowest BCUT2D eigenvalue weighted by Gasteiger charge is -1.98. The summed E-state index contributed by atoms with van der Waals surface area (Å²) in [5.41, 5.74) is 0. The van der Waals surface area contributed by atoms with Crippen LogP contribution in [-0.2, 0) is 0 Å². The average molecular weight is 202 g/mol. The molecule has 0 aliphatic heterocycles. The molecule has 0 aliphatic carbocycles. The van der Waals surface area contributed by atoms with Gasteiger partial charge in [-0.05, 0) is 36.8 Å². The van der Waals surface area contributed by atoms with Gasteiger partial charge in [0.25, 0.3) is 0 Å². The maximum Gasteiger partial charge on any atom is 0.153 e. The molecule has 0 aromatic carbocycles. The van der Waals surface area contributed by atoms with Crippen LogP contribution < -0.4 is 0 Å². The first-order valence-electron chi connectivity index (χ1n) is 4.66. The molecule has 0 fully saturated rings. The molecule has 3 heteroatoms. The Labute approximate surface area is 84.4 Å². The standard InChI is InChI=1S/C10H18O2S/c1-3-5-7-9(11)13-10(12)8-6-4-2/h7-8,11-12H,3-6H2,1-2H3/b9-7+,10-8+. The molecule has 0 aromatic heterocycles. The largest absolute Gasteiger partial charge is 0.502 e. The van der Waals surface area contributed by atoms with E-state index >= 15 is 0 Å². The third-order valence-corrected chi connectivity index (χ3v) is 2.18. The molecule has 0 atom stereocenters. The van der Waals surface area contributed by atoms with Crippen LogP contribution >= 0.6 is 11.8 Å². The summed E-state index contributed by atoms with van der Waals surface area (Å²) in [7, 11) is 0. The third kappa shape index (κ3) is 7.78. The van der Waals surface area contributed by atoms with E-state index in [1.165, 1.54) is 0 Å². The van der Waals surface area contributed by atoms with Gasteiger partial charge in [-0.25, -0.2) is 0 Å². The Morgan fingerprint density at radius 1 is 1.00 bits per heavy atom. The van der Waals surface area contributed by atoms with Crippen LogP contribution in [0.15, 0.2) is 22.3 Å². The van der Waals surface area contributed by atoms with E-state index < -0.39 is 0 Å². The molecule has 2 N–H and O–H groups in total. The second-order valence-electron chi connectivity index (χ2n) is 2.76. The summed E-state index contributed by atoms with van der Waals surface area (Å²) < 4.78 is 0. The van der Waals surface area contributed by atoms with E-state index in [0.717, 1.165) is 37.4 Å². The van der Waals surface area contributed by atoms with Gasteiger partial charge in [0, 0.05) is 0 Å². The van der Waals surface area contributed by atoms with Gasteiger partial charge in [-0.3, -0.25) is 0 Å². The first-order valence-corrected chi connectivity index (χ1v) is 5.48. The molecule has 0 aromatic rings. The molecule has 0 saturated heterocycles. The van der Waals surface area contributed by atoms with Crippen LogP contribution in [0, 0.1) is 0 Å². The fourth-order valence-corrected chi connectivity index (χ4v) is 1.34. The van der Waals surface area contributed by atoms with Crippen molar-refractivity contribution in [3.8, 4) is 0 Å². The van der Waals surface area contributed by atoms with Gasteiger partial charge in [-0.2, -0.15) is 0 Å². The third-order valence-electron chi connectivity index (χ3n) is 1.42. The zero-order valence-corrected chi connectivity index (χ0v) is 9.10. The number of aliphatic hydroxyl groups excluding tert-OH is 2. The quantitative estimate of drug-likeness (QED) is 0.636. The molecule has 0 amide bonds. The molecule has 0 bridgehead atoms. The highest BCUT2D eigenvalue weighted by atomic mass is 32.2. The first kappa shape index (κ1) is 12.4. The molecule has 2 nitrogen and oxygen atoms in total. The van der Waals surface area contributed by atoms with E-state index in [-0.39, 0.29) is 10.2 Å². The zero-order valence-electron chi connectivity index (χ0n) is 8.29. The molecule has 76 valence electrons. The molecular weight excluding hydrogens is 184 g/mol. The maximum atomic E-state index is 9.27. The lowest BCUT2D eigenvalue weighted by atomic mass is 10.3. The SMILES string of the molecule is CCC/C=C(\O)S/C(O)=C/CCC. The Morgan fingerprint density at radius 3 is 1.69 bits per heavy atom. The lowest BCUT2D eigenvalue weighted by Crippen LogP contribution is -1.78. The van der Waals surface area contributed by atoms with Crippen LogP contribution in [0.1, 0.15) is 39.5 Å². The van der Waals surface area contributed by atoms with Crippen molar-refractivity contribution in [1.82, 2.24) is 0 Å². The second kappa shape index (κ2) is 8.05. The minimum Gasteiger partial charge on any atom is -0.502 e. The van der Waals surface area contributed by atoms with Crippen molar-refractivity contribution in [2.45, 2.75) is 39.5 Å². The van der Waals surface area contributed by atoms with Gasteiger partial charge in [-0.1, -0.05) is 26.7 Å². The summed E-state index contributed by atoms with van der Waals surface area (Å²) in [5, 5.41) is 18.9. The number of hydrogen-bond acceptors (Lipinski definition) is 3. The number of hydrogen-bond donors (Lipinski definition) is 2. The average Bonchev–Trinajstić information content (AvgIpc) is 2.11. The molecule has 0 saturated carbocycles. The molecule has 0 unspecified atom stereocenters. The fraction of sp³-hybridized carbons (Fsp3) is 0.600. The molecule has 0 radical (unpaired) electrons. The monoisotopic (exact) mass is 202 g/mol. The summed E-state index contributed by atoms with van der Waals surface area (Å²) in [4.78, 5) is 0. The van der Waals surface area contributed by atoms with Gasteiger partial charge in [0.2, 0.25) is 0 Å². The van der Waals surface area contributed by atoms with Crippen molar-refractivity contribution >= 4 is 11.8 Å². The highest BCUT2D eigenvalue weighted by molar-refractivity contribution is 8.06. The summed E-state index contributed by atoms with van der Waals surface area (Å²) in [6, 6.07) is 0. The molecule has 13 heavy (non-hydrogen) atoms. The van der Waals surface area contributed by atoms with Crippen molar-refractivity contribution in [2.75, 3.05) is 0 Å². The van der Waals surface area contributed by atoms with Gasteiger partial charge >= 0.3 is 0 Å². The van der Waals surface area contributed by atoms with E-state index in [0.29, 0.717) is 0 Å². The van der Waals surface area contributed by atoms with Crippen LogP contribution in [0.3, 0.4) is 0 Å². The van der Waals surface area contributed by atoms with Crippen molar-refractivity contribution in [2.24, 2.45) is 0 Å². The van der Waals surface area contributed by atoms with Gasteiger partial charge in [-0.15, -0.1) is 0 Å². The predicted molar refractivity (Wildman–Crippen MR) is 58.8 cm³/mol. The summed E-state index contributed by atoms with van der Waals surface area (Å²) in [6.07, 6.45) is 7.15. The number of thioether (sulfide) groups is 1. The van der Waals surface area contributed by atoms with Crippen LogP contribution in [0.2, 0.25) is 0 Å². The van der Waals surface area contributed by atoms with Crippen molar-refractivity contribution < 1.29 is 10.2 Å². The Bertz CT molecular complexity index is 165. The van der Waals surface area contributed by atoms with Gasteiger partial charge in [0.15, 0.2) is 10.2 Å². The maximum absolute atomic E-state index is 9.27. The van der Waals surface area contributed by atoms with E-state index in [9.17, 15) is 10.2 Å². The summed E-state index contributed by atoms with van der Waals surface area (Å²) >= 11 is 1.01. The first-order chi connectivity index (χ1) is 6.20. The Balaban J connectivity index is 3.82. The van der Waals surface area contributed by atoms with Crippen molar-refractivity contribution in [3.63, 3.8) is 0 Å². The zero-order chi connectivity index (χ0) is 10.1. The lowest BCUT2D eigenvalue weighted by molar-refractivity contribution is 0.438. The van der Waals surface area contributed by atoms with E-state index in [2.05, 4.69) is 0 Å². The molecular formula is C10H18O2S. The number of rotatable bonds is 6. The molecule has 0 rings (SSSR count). The fourth-order valence-electron chi connectivity index (χ4n) is 0.726. The highest BCUT2D eigenvalue weighted by Gasteiger charge is 1.97. The number of unbranched alkanes of at least 4 members (excludes halogenated alkanes) is 2. The second-order valence-corrected chi connectivity index (χ2v) is 3.80. The van der Waals surface area contributed by atoms with Crippen LogP contribution in [-0.4, -0.2) is 10.2 Å². The number of allylic oxidation sites excluding steroid dienone is 2. The van der Waals surface area contributed by atoms with Gasteiger partial charge in [0.1, 0.15) is 0 Å². The predicted octanol–water partition coefficient (Wildman–Crippen LogP) is 4.12. The summed E-state index contributed by atoms with van der Waals surface area (Å²) in [5.74, 6) is 0. The Hall–Kier alpha value is -0.570. The smallest absolute Gasteiger partial charge is 0.153 e. The van der Waals surface area contributed by atoms with E-state index in [1.54, 1.807) is 12.2 Å². The topological polar surface area (TPSA) is 40.5 Å². The van der Waals surface area contributed by atoms with Crippen LogP contribution in [0.5, 0.6) is 0 Å². The summed E-state index contributed by atoms with van der Waals surface area (Å²) in [6.45, 7) is 4.09. The molecule has 0 heterocycles. The normalized spacial score (nSPS) is 13.4. The van der Waals surface area contributed by atoms with E-state index in [1.807, 2.05) is 13.8 Å². The molecule has 0 aliphatic rings. The number of aliphatic hydroxyl groups is 2. The van der Waals surface area contributed by atoms with Gasteiger partial charge < -0.3 is 10.2 Å². The van der Waals surface area contributed by atoms with E-state index in [4.69, 9.17) is 0 Å². The van der Waals surface area contributed by atoms with Crippen molar-refractivity contribution in [3.05, 3.63) is 22.3 Å². The minimum atomic E-state index is 0.187. The molecule has 0 spiro atoms. The van der Waals surface area contributed by atoms with Gasteiger partial charge in [0.05, 0.1) is 0 Å². The Morgan fingerprint density at radius 2 is 1.38 bits per heavy atom. The highest BCUT2D eigenvalue weighted by Crippen LogP contribution is 2.21. The van der Waals surface area contributed by atoms with Crippen LogP contribution in [0.4, 0.5) is 0 Å². The van der Waals surface area contributed by atoms with Crippen LogP contribution in [0.25, 0.3) is 0 Å². The van der Waals surface area contributed by atoms with Crippen molar-refractivity contribution in [1.29, 1.82) is 0 Å².